The molecule has 0 spiro atoms. The highest BCUT2D eigenvalue weighted by molar-refractivity contribution is 5.61. The summed E-state index contributed by atoms with van der Waals surface area (Å²) in [4.78, 5) is 0. The first kappa shape index (κ1) is 14.3. The maximum absolute atomic E-state index is 5.87. The number of hydrogen-bond donors (Lipinski definition) is 0. The van der Waals surface area contributed by atoms with E-state index in [1.165, 1.54) is 5.56 Å². The second kappa shape index (κ2) is 5.51. The lowest BCUT2D eigenvalue weighted by Gasteiger charge is -2.28. The van der Waals surface area contributed by atoms with Crippen molar-refractivity contribution in [2.45, 2.75) is 19.3 Å². The van der Waals surface area contributed by atoms with Crippen LogP contribution < -0.4 is 14.2 Å². The van der Waals surface area contributed by atoms with Gasteiger partial charge in [-0.05, 0) is 24.6 Å². The number of nitrogens with zero attached hydrogens (tertiary/aromatic N) is 3. The SMILES string of the molecule is CCOc1ccccc1[C@@H]1Cc2nncn2-c2cc3c(cc21)OCO3. The molecule has 2 aliphatic heterocycles. The van der Waals surface area contributed by atoms with E-state index in [1.807, 2.05) is 35.8 Å². The first-order chi connectivity index (χ1) is 12.3. The van der Waals surface area contributed by atoms with E-state index in [4.69, 9.17) is 14.2 Å². The zero-order valence-corrected chi connectivity index (χ0v) is 13.8. The summed E-state index contributed by atoms with van der Waals surface area (Å²) in [6.45, 7) is 2.89. The first-order valence-electron chi connectivity index (χ1n) is 8.39. The summed E-state index contributed by atoms with van der Waals surface area (Å²) in [7, 11) is 0. The van der Waals surface area contributed by atoms with Gasteiger partial charge in [-0.1, -0.05) is 18.2 Å². The molecule has 1 aromatic heterocycles. The summed E-state index contributed by atoms with van der Waals surface area (Å²) in [5.74, 6) is 3.52. The maximum Gasteiger partial charge on any atom is 0.231 e. The Balaban J connectivity index is 1.71. The molecule has 0 N–H and O–H groups in total. The molecule has 6 heteroatoms. The molecule has 6 nitrogen and oxygen atoms in total. The normalized spacial score (nSPS) is 17.1. The molecule has 25 heavy (non-hydrogen) atoms. The second-order valence-corrected chi connectivity index (χ2v) is 6.11. The maximum atomic E-state index is 5.87. The van der Waals surface area contributed by atoms with E-state index < -0.39 is 0 Å². The van der Waals surface area contributed by atoms with Crippen LogP contribution in [-0.2, 0) is 6.42 Å². The Morgan fingerprint density at radius 1 is 1.16 bits per heavy atom. The van der Waals surface area contributed by atoms with Crippen LogP contribution in [-0.4, -0.2) is 28.2 Å². The Morgan fingerprint density at radius 3 is 2.88 bits per heavy atom. The molecule has 2 aliphatic rings. The molecule has 0 aliphatic carbocycles. The van der Waals surface area contributed by atoms with Crippen molar-refractivity contribution >= 4 is 0 Å². The average Bonchev–Trinajstić information content (AvgIpc) is 3.29. The van der Waals surface area contributed by atoms with Gasteiger partial charge in [-0.3, -0.25) is 4.57 Å². The van der Waals surface area contributed by atoms with Gasteiger partial charge in [-0.15, -0.1) is 10.2 Å². The molecule has 3 aromatic rings. The van der Waals surface area contributed by atoms with E-state index in [-0.39, 0.29) is 12.7 Å². The summed E-state index contributed by atoms with van der Waals surface area (Å²) in [6, 6.07) is 12.3. The van der Waals surface area contributed by atoms with Crippen molar-refractivity contribution in [1.29, 1.82) is 0 Å². The summed E-state index contributed by atoms with van der Waals surface area (Å²) >= 11 is 0. The molecule has 0 saturated carbocycles. The minimum atomic E-state index is 0.129. The fraction of sp³-hybridized carbons (Fsp3) is 0.263. The molecular formula is C19H17N3O3. The predicted molar refractivity (Wildman–Crippen MR) is 90.6 cm³/mol. The Hall–Kier alpha value is -3.02. The van der Waals surface area contributed by atoms with Crippen LogP contribution in [0.5, 0.6) is 17.2 Å². The van der Waals surface area contributed by atoms with Gasteiger partial charge in [0.1, 0.15) is 17.9 Å². The van der Waals surface area contributed by atoms with Crippen LogP contribution in [0.1, 0.15) is 29.8 Å². The Labute approximate surface area is 145 Å². The van der Waals surface area contributed by atoms with E-state index in [1.54, 1.807) is 6.33 Å². The number of ether oxygens (including phenoxy) is 3. The number of hydrogen-bond acceptors (Lipinski definition) is 5. The van der Waals surface area contributed by atoms with E-state index >= 15 is 0 Å². The topological polar surface area (TPSA) is 58.4 Å². The number of aromatic nitrogens is 3. The third-order valence-corrected chi connectivity index (χ3v) is 4.76. The van der Waals surface area contributed by atoms with E-state index in [2.05, 4.69) is 22.3 Å². The number of para-hydroxylation sites is 1. The van der Waals surface area contributed by atoms with Gasteiger partial charge in [0, 0.05) is 24.0 Å². The van der Waals surface area contributed by atoms with Crippen LogP contribution in [0.4, 0.5) is 0 Å². The van der Waals surface area contributed by atoms with Crippen LogP contribution in [0, 0.1) is 0 Å². The smallest absolute Gasteiger partial charge is 0.231 e. The van der Waals surface area contributed by atoms with E-state index in [0.29, 0.717) is 6.61 Å². The molecule has 0 amide bonds. The third-order valence-electron chi connectivity index (χ3n) is 4.76. The number of fused-ring (bicyclic) bond motifs is 4. The summed E-state index contributed by atoms with van der Waals surface area (Å²) in [5.41, 5.74) is 3.36. The lowest BCUT2D eigenvalue weighted by Crippen LogP contribution is -2.19. The Bertz CT molecular complexity index is 951. The van der Waals surface area contributed by atoms with E-state index in [0.717, 1.165) is 40.7 Å². The van der Waals surface area contributed by atoms with Crippen molar-refractivity contribution in [1.82, 2.24) is 14.8 Å². The summed E-state index contributed by atoms with van der Waals surface area (Å²) in [6.07, 6.45) is 2.51. The molecule has 2 aromatic carbocycles. The van der Waals surface area contributed by atoms with Gasteiger partial charge in [0.15, 0.2) is 11.5 Å². The van der Waals surface area contributed by atoms with Crippen LogP contribution in [0.2, 0.25) is 0 Å². The van der Waals surface area contributed by atoms with E-state index in [9.17, 15) is 0 Å². The van der Waals surface area contributed by atoms with Crippen molar-refractivity contribution in [3.63, 3.8) is 0 Å². The highest BCUT2D eigenvalue weighted by Gasteiger charge is 2.31. The summed E-state index contributed by atoms with van der Waals surface area (Å²) in [5, 5.41) is 8.39. The molecule has 126 valence electrons. The highest BCUT2D eigenvalue weighted by Crippen LogP contribution is 2.45. The quantitative estimate of drug-likeness (QED) is 0.736. The number of rotatable bonds is 3. The molecule has 0 unspecified atom stereocenters. The van der Waals surface area contributed by atoms with Crippen molar-refractivity contribution in [3.8, 4) is 22.9 Å². The molecule has 0 saturated heterocycles. The van der Waals surface area contributed by atoms with Crippen LogP contribution in [0.3, 0.4) is 0 Å². The lowest BCUT2D eigenvalue weighted by molar-refractivity contribution is 0.174. The van der Waals surface area contributed by atoms with Crippen molar-refractivity contribution in [3.05, 3.63) is 59.7 Å². The monoisotopic (exact) mass is 335 g/mol. The molecule has 0 bridgehead atoms. The molecular weight excluding hydrogens is 318 g/mol. The molecule has 0 radical (unpaired) electrons. The van der Waals surface area contributed by atoms with Gasteiger partial charge >= 0.3 is 0 Å². The van der Waals surface area contributed by atoms with Gasteiger partial charge in [0.2, 0.25) is 6.79 Å². The van der Waals surface area contributed by atoms with Crippen molar-refractivity contribution in [2.24, 2.45) is 0 Å². The standard InChI is InChI=1S/C19H17N3O3/c1-2-23-16-6-4-3-5-12(16)13-8-19-21-20-10-22(19)15-9-18-17(7-14(13)15)24-11-25-18/h3-7,9-10,13H,2,8,11H2,1H3/t13-/m0/s1. The molecule has 0 fully saturated rings. The average molecular weight is 335 g/mol. The number of benzene rings is 2. The Kier molecular flexibility index (Phi) is 3.16. The molecule has 1 atom stereocenters. The Morgan fingerprint density at radius 2 is 2.00 bits per heavy atom. The van der Waals surface area contributed by atoms with Gasteiger partial charge in [0.25, 0.3) is 0 Å². The summed E-state index contributed by atoms with van der Waals surface area (Å²) < 4.78 is 19.1. The largest absolute Gasteiger partial charge is 0.494 e. The van der Waals surface area contributed by atoms with Gasteiger partial charge in [-0.25, -0.2) is 0 Å². The van der Waals surface area contributed by atoms with Gasteiger partial charge in [-0.2, -0.15) is 0 Å². The zero-order chi connectivity index (χ0) is 16.8. The fourth-order valence-corrected chi connectivity index (χ4v) is 3.66. The molecule has 5 rings (SSSR count). The van der Waals surface area contributed by atoms with Crippen LogP contribution in [0.25, 0.3) is 5.69 Å². The van der Waals surface area contributed by atoms with Gasteiger partial charge in [0.05, 0.1) is 12.3 Å². The fourth-order valence-electron chi connectivity index (χ4n) is 3.66. The first-order valence-corrected chi connectivity index (χ1v) is 8.39. The second-order valence-electron chi connectivity index (χ2n) is 6.11. The third kappa shape index (κ3) is 2.17. The minimum Gasteiger partial charge on any atom is -0.494 e. The highest BCUT2D eigenvalue weighted by atomic mass is 16.7. The van der Waals surface area contributed by atoms with Crippen LogP contribution in [0.15, 0.2) is 42.7 Å². The minimum absolute atomic E-state index is 0.129. The van der Waals surface area contributed by atoms with Gasteiger partial charge < -0.3 is 14.2 Å². The molecule has 3 heterocycles. The lowest BCUT2D eigenvalue weighted by atomic mass is 9.84. The predicted octanol–water partition coefficient (Wildman–Crippen LogP) is 3.08. The van der Waals surface area contributed by atoms with Crippen molar-refractivity contribution in [2.75, 3.05) is 13.4 Å². The van der Waals surface area contributed by atoms with Crippen LogP contribution >= 0.6 is 0 Å². The van der Waals surface area contributed by atoms with Crippen molar-refractivity contribution < 1.29 is 14.2 Å². The zero-order valence-electron chi connectivity index (χ0n) is 13.8.